The third kappa shape index (κ3) is 5.30. The largest absolute Gasteiger partial charge is 0.487 e. The number of piperidine rings is 1. The van der Waals surface area contributed by atoms with Crippen molar-refractivity contribution in [2.24, 2.45) is 0 Å². The average molecular weight is 525 g/mol. The van der Waals surface area contributed by atoms with Crippen molar-refractivity contribution in [3.8, 4) is 17.0 Å². The summed E-state index contributed by atoms with van der Waals surface area (Å²) in [6, 6.07) is 4.94. The van der Waals surface area contributed by atoms with E-state index in [4.69, 9.17) is 14.7 Å². The number of halogens is 2. The second kappa shape index (κ2) is 10.2. The number of aliphatic hydroxyl groups excluding tert-OH is 1. The molecule has 0 saturated carbocycles. The van der Waals surface area contributed by atoms with Crippen LogP contribution in [0.25, 0.3) is 22.3 Å². The zero-order chi connectivity index (χ0) is 27.0. The summed E-state index contributed by atoms with van der Waals surface area (Å²) < 4.78 is 35.0. The number of nitrogens with zero attached hydrogens (tertiary/aromatic N) is 6. The molecule has 1 atom stereocenters. The van der Waals surface area contributed by atoms with Gasteiger partial charge in [0.15, 0.2) is 17.4 Å². The Morgan fingerprint density at radius 3 is 2.53 bits per heavy atom. The first kappa shape index (κ1) is 25.9. The molecular weight excluding hydrogens is 494 g/mol. The highest BCUT2D eigenvalue weighted by Crippen LogP contribution is 2.33. The number of benzene rings is 1. The Labute approximate surface area is 218 Å². The Balaban J connectivity index is 1.46. The highest BCUT2D eigenvalue weighted by atomic mass is 19.1. The summed E-state index contributed by atoms with van der Waals surface area (Å²) in [6.45, 7) is 6.88. The summed E-state index contributed by atoms with van der Waals surface area (Å²) in [4.78, 5) is 16.2. The molecule has 4 heterocycles. The molecule has 0 aliphatic carbocycles. The van der Waals surface area contributed by atoms with Gasteiger partial charge in [0.2, 0.25) is 0 Å². The molecule has 1 aliphatic heterocycles. The summed E-state index contributed by atoms with van der Waals surface area (Å²) in [5.74, 6) is -0.685. The van der Waals surface area contributed by atoms with Crippen molar-refractivity contribution < 1.29 is 23.7 Å². The highest BCUT2D eigenvalue weighted by molar-refractivity contribution is 5.83. The zero-order valence-corrected chi connectivity index (χ0v) is 21.5. The van der Waals surface area contributed by atoms with Gasteiger partial charge in [0.25, 0.3) is 0 Å². The predicted molar refractivity (Wildman–Crippen MR) is 138 cm³/mol. The third-order valence-electron chi connectivity index (χ3n) is 6.66. The summed E-state index contributed by atoms with van der Waals surface area (Å²) >= 11 is 0. The summed E-state index contributed by atoms with van der Waals surface area (Å²) in [5.41, 5.74) is 1.46. The maximum Gasteiger partial charge on any atom is 0.167 e. The molecule has 5 rings (SSSR count). The maximum absolute atomic E-state index is 14.1. The third-order valence-corrected chi connectivity index (χ3v) is 6.66. The van der Waals surface area contributed by atoms with E-state index in [9.17, 15) is 19.0 Å². The molecule has 0 amide bonds. The zero-order valence-electron chi connectivity index (χ0n) is 21.5. The van der Waals surface area contributed by atoms with Gasteiger partial charge in [-0.25, -0.2) is 18.7 Å². The Morgan fingerprint density at radius 1 is 1.11 bits per heavy atom. The molecule has 38 heavy (non-hydrogen) atoms. The van der Waals surface area contributed by atoms with Crippen molar-refractivity contribution in [3.63, 3.8) is 0 Å². The van der Waals surface area contributed by atoms with Crippen LogP contribution in [-0.4, -0.2) is 59.7 Å². The first-order valence-electron chi connectivity index (χ1n) is 12.6. The van der Waals surface area contributed by atoms with E-state index in [0.29, 0.717) is 60.7 Å². The Kier molecular flexibility index (Phi) is 6.97. The van der Waals surface area contributed by atoms with Crippen molar-refractivity contribution in [3.05, 3.63) is 60.2 Å². The minimum absolute atomic E-state index is 0.0356. The molecule has 11 heteroatoms. The lowest BCUT2D eigenvalue weighted by Gasteiger charge is -2.33. The number of rotatable bonds is 7. The van der Waals surface area contributed by atoms with Crippen molar-refractivity contribution in [2.75, 3.05) is 18.0 Å². The Bertz CT molecular complexity index is 1450. The monoisotopic (exact) mass is 524 g/mol. The molecule has 4 aromatic rings. The predicted octanol–water partition coefficient (Wildman–Crippen LogP) is 4.04. The van der Waals surface area contributed by atoms with Gasteiger partial charge in [-0.3, -0.25) is 9.67 Å². The van der Waals surface area contributed by atoms with Crippen LogP contribution in [-0.2, 0) is 6.54 Å². The lowest BCUT2D eigenvalue weighted by Crippen LogP contribution is -2.39. The minimum Gasteiger partial charge on any atom is -0.487 e. The molecule has 2 N–H and O–H groups in total. The Morgan fingerprint density at radius 2 is 1.87 bits per heavy atom. The van der Waals surface area contributed by atoms with E-state index in [2.05, 4.69) is 15.0 Å². The lowest BCUT2D eigenvalue weighted by atomic mass is 9.98. The number of hydrogen-bond donors (Lipinski definition) is 2. The maximum atomic E-state index is 14.1. The van der Waals surface area contributed by atoms with Crippen LogP contribution in [0.5, 0.6) is 5.75 Å². The number of aliphatic hydroxyl groups is 2. The SMILES string of the molecule is CCn1cc(-c2nc3cnc(C(O)C(C)(C)O)cc3nc2N2CCC(Oc3ccc(F)cc3F)CC2)cn1. The number of pyridine rings is 1. The van der Waals surface area contributed by atoms with Gasteiger partial charge in [-0.2, -0.15) is 5.10 Å². The van der Waals surface area contributed by atoms with Gasteiger partial charge in [0.1, 0.15) is 29.2 Å². The van der Waals surface area contributed by atoms with Gasteiger partial charge in [0.05, 0.1) is 29.2 Å². The number of anilines is 1. The summed E-state index contributed by atoms with van der Waals surface area (Å²) in [6.07, 6.45) is 4.97. The van der Waals surface area contributed by atoms with Crippen molar-refractivity contribution in [1.82, 2.24) is 24.7 Å². The van der Waals surface area contributed by atoms with Gasteiger partial charge < -0.3 is 19.8 Å². The van der Waals surface area contributed by atoms with Crippen LogP contribution in [0.4, 0.5) is 14.6 Å². The molecule has 1 fully saturated rings. The fourth-order valence-electron chi connectivity index (χ4n) is 4.49. The van der Waals surface area contributed by atoms with Crippen LogP contribution in [0.2, 0.25) is 0 Å². The second-order valence-electron chi connectivity index (χ2n) is 10.0. The molecule has 200 valence electrons. The molecule has 1 aliphatic rings. The molecule has 0 bridgehead atoms. The quantitative estimate of drug-likeness (QED) is 0.373. The Hall–Kier alpha value is -3.70. The summed E-state index contributed by atoms with van der Waals surface area (Å²) in [7, 11) is 0. The van der Waals surface area contributed by atoms with Gasteiger partial charge in [0, 0.05) is 50.3 Å². The average Bonchev–Trinajstić information content (AvgIpc) is 3.38. The molecule has 9 nitrogen and oxygen atoms in total. The molecular formula is C27H30F2N6O3. The number of hydrogen-bond acceptors (Lipinski definition) is 8. The van der Waals surface area contributed by atoms with E-state index < -0.39 is 23.3 Å². The minimum atomic E-state index is -1.38. The van der Waals surface area contributed by atoms with Crippen LogP contribution in [0.3, 0.4) is 0 Å². The summed E-state index contributed by atoms with van der Waals surface area (Å²) in [5, 5.41) is 25.2. The molecule has 3 aromatic heterocycles. The first-order chi connectivity index (χ1) is 18.1. The van der Waals surface area contributed by atoms with Crippen LogP contribution < -0.4 is 9.64 Å². The number of ether oxygens (including phenoxy) is 1. The molecule has 0 radical (unpaired) electrons. The topological polar surface area (TPSA) is 109 Å². The fraction of sp³-hybridized carbons (Fsp3) is 0.407. The van der Waals surface area contributed by atoms with E-state index in [1.165, 1.54) is 26.0 Å². The van der Waals surface area contributed by atoms with Crippen LogP contribution in [0, 0.1) is 11.6 Å². The van der Waals surface area contributed by atoms with E-state index >= 15 is 0 Å². The van der Waals surface area contributed by atoms with E-state index in [1.54, 1.807) is 18.5 Å². The molecule has 1 saturated heterocycles. The van der Waals surface area contributed by atoms with E-state index in [1.807, 2.05) is 17.8 Å². The fourth-order valence-corrected chi connectivity index (χ4v) is 4.49. The van der Waals surface area contributed by atoms with E-state index in [-0.39, 0.29) is 11.9 Å². The molecule has 0 spiro atoms. The molecule has 1 unspecified atom stereocenters. The van der Waals surface area contributed by atoms with Crippen molar-refractivity contribution >= 4 is 16.9 Å². The highest BCUT2D eigenvalue weighted by Gasteiger charge is 2.29. The number of fused-ring (bicyclic) bond motifs is 1. The lowest BCUT2D eigenvalue weighted by molar-refractivity contribution is -0.0516. The normalized spacial score (nSPS) is 15.7. The van der Waals surface area contributed by atoms with Crippen LogP contribution in [0.15, 0.2) is 42.9 Å². The smallest absolute Gasteiger partial charge is 0.167 e. The van der Waals surface area contributed by atoms with Crippen LogP contribution >= 0.6 is 0 Å². The number of aromatic nitrogens is 5. The van der Waals surface area contributed by atoms with Gasteiger partial charge >= 0.3 is 0 Å². The van der Waals surface area contributed by atoms with Crippen LogP contribution in [0.1, 0.15) is 45.4 Å². The van der Waals surface area contributed by atoms with Gasteiger partial charge in [-0.05, 0) is 39.0 Å². The van der Waals surface area contributed by atoms with Crippen molar-refractivity contribution in [1.29, 1.82) is 0 Å². The van der Waals surface area contributed by atoms with E-state index in [0.717, 1.165) is 11.6 Å². The van der Waals surface area contributed by atoms with Crippen molar-refractivity contribution in [2.45, 2.75) is 58.0 Å². The molecule has 1 aromatic carbocycles. The first-order valence-corrected chi connectivity index (χ1v) is 12.6. The second-order valence-corrected chi connectivity index (χ2v) is 10.0. The van der Waals surface area contributed by atoms with Gasteiger partial charge in [-0.1, -0.05) is 0 Å². The standard InChI is InChI=1S/C27H30F2N6O3/c1-4-35-15-16(13-31-35)24-26(33-20-12-21(25(36)27(2,3)37)30-14-22(20)32-24)34-9-7-18(8-10-34)38-23-6-5-17(28)11-19(23)29/h5-6,11-15,18,25,36-37H,4,7-10H2,1-3H3. The van der Waals surface area contributed by atoms with Gasteiger partial charge in [-0.15, -0.1) is 0 Å². The number of aryl methyl sites for hydroxylation is 1.